The number of aliphatic hydroxyl groups excluding tert-OH is 1. The van der Waals surface area contributed by atoms with E-state index >= 15 is 0 Å². The Bertz CT molecular complexity index is 1610. The lowest BCUT2D eigenvalue weighted by Gasteiger charge is -2.10. The molecule has 2 aliphatic heterocycles. The maximum absolute atomic E-state index is 10.9. The van der Waals surface area contributed by atoms with Crippen molar-refractivity contribution < 1.29 is 5.11 Å². The summed E-state index contributed by atoms with van der Waals surface area (Å²) in [7, 11) is 0. The van der Waals surface area contributed by atoms with E-state index in [0.717, 1.165) is 55.9 Å². The number of allylic oxidation sites excluding steroid dienone is 4. The summed E-state index contributed by atoms with van der Waals surface area (Å²) in [5.41, 5.74) is 14.7. The zero-order valence-corrected chi connectivity index (χ0v) is 20.9. The van der Waals surface area contributed by atoms with Gasteiger partial charge in [-0.15, -0.1) is 0 Å². The first-order chi connectivity index (χ1) is 16.2. The van der Waals surface area contributed by atoms with Gasteiger partial charge in [-0.2, -0.15) is 0 Å². The second kappa shape index (κ2) is 6.95. The molecule has 0 amide bonds. The molecule has 3 aromatic rings. The van der Waals surface area contributed by atoms with Crippen molar-refractivity contribution in [3.8, 4) is 0 Å². The van der Waals surface area contributed by atoms with Crippen LogP contribution in [0.1, 0.15) is 70.0 Å². The van der Waals surface area contributed by atoms with Gasteiger partial charge in [0.1, 0.15) is 5.76 Å². The quantitative estimate of drug-likeness (QED) is 0.342. The molecule has 6 rings (SSSR count). The zero-order chi connectivity index (χ0) is 24.0. The summed E-state index contributed by atoms with van der Waals surface area (Å²) in [4.78, 5) is 10.9. The SMILES string of the molecule is Cc1c2[nH]c(c1C)/C=c1\[nH]/c(c(C)c1C)=C\c1[nH]c3c(c1C)C(O)=C/C3=C1/N/C(=C\2)[C@@H](C)[C@@H]1C. The van der Waals surface area contributed by atoms with Gasteiger partial charge >= 0.3 is 0 Å². The van der Waals surface area contributed by atoms with Gasteiger partial charge in [0, 0.05) is 62.1 Å². The molecule has 5 heterocycles. The number of hydrogen-bond donors (Lipinski definition) is 5. The summed E-state index contributed by atoms with van der Waals surface area (Å²) in [5.74, 6) is 0.978. The van der Waals surface area contributed by atoms with Gasteiger partial charge in [0.15, 0.2) is 0 Å². The molecule has 0 aromatic carbocycles. The van der Waals surface area contributed by atoms with E-state index in [-0.39, 0.29) is 0 Å². The van der Waals surface area contributed by atoms with Gasteiger partial charge in [-0.05, 0) is 86.7 Å². The fourth-order valence-electron chi connectivity index (χ4n) is 5.65. The first-order valence-electron chi connectivity index (χ1n) is 12.1. The third-order valence-electron chi connectivity index (χ3n) is 8.52. The predicted molar refractivity (Wildman–Crippen MR) is 139 cm³/mol. The molecule has 1 fully saturated rings. The van der Waals surface area contributed by atoms with E-state index in [1.54, 1.807) is 0 Å². The minimum atomic E-state index is 0.306. The Balaban J connectivity index is 1.73. The Labute approximate surface area is 199 Å². The molecular formula is C29H32N4O. The van der Waals surface area contributed by atoms with Crippen molar-refractivity contribution in [1.29, 1.82) is 0 Å². The lowest BCUT2D eigenvalue weighted by atomic mass is 9.92. The van der Waals surface area contributed by atoms with Gasteiger partial charge in [-0.1, -0.05) is 13.8 Å². The lowest BCUT2D eigenvalue weighted by Crippen LogP contribution is -2.12. The number of aliphatic hydroxyl groups is 1. The van der Waals surface area contributed by atoms with Crippen LogP contribution in [0.2, 0.25) is 0 Å². The maximum atomic E-state index is 10.9. The predicted octanol–water partition coefficient (Wildman–Crippen LogP) is 4.72. The largest absolute Gasteiger partial charge is 0.507 e. The van der Waals surface area contributed by atoms with Gasteiger partial charge in [-0.3, -0.25) is 0 Å². The van der Waals surface area contributed by atoms with Crippen LogP contribution < -0.4 is 16.0 Å². The van der Waals surface area contributed by atoms with Crippen molar-refractivity contribution in [3.63, 3.8) is 0 Å². The Hall–Kier alpha value is -3.60. The molecule has 5 N–H and O–H groups in total. The highest BCUT2D eigenvalue weighted by Gasteiger charge is 2.35. The normalized spacial score (nSPS) is 26.3. The van der Waals surface area contributed by atoms with E-state index in [9.17, 15) is 5.11 Å². The van der Waals surface area contributed by atoms with Crippen molar-refractivity contribution in [1.82, 2.24) is 20.3 Å². The van der Waals surface area contributed by atoms with Crippen LogP contribution in [0.4, 0.5) is 0 Å². The molecule has 34 heavy (non-hydrogen) atoms. The van der Waals surface area contributed by atoms with Crippen LogP contribution >= 0.6 is 0 Å². The minimum absolute atomic E-state index is 0.306. The van der Waals surface area contributed by atoms with Gasteiger partial charge in [-0.25, -0.2) is 0 Å². The standard InChI is InChI=1S/C29H32N4O/c1-12-14(3)22-10-24-16(5)17(6)28(32-24)19-8-26(34)27-18(7)25(33-29(19)27)11-23-15(4)13(2)21(31-23)9-20(12)30-22/h8-11,16-17,30-34H,1-7H3/b21-9-,23-11-,24-10-,28-19-/t16-,17-/m0/s1. The van der Waals surface area contributed by atoms with E-state index in [2.05, 4.69) is 87.0 Å². The summed E-state index contributed by atoms with van der Waals surface area (Å²) >= 11 is 0. The Morgan fingerprint density at radius 2 is 1.24 bits per heavy atom. The van der Waals surface area contributed by atoms with Crippen molar-refractivity contribution in [2.45, 2.75) is 48.5 Å². The first kappa shape index (κ1) is 21.0. The van der Waals surface area contributed by atoms with Gasteiger partial charge in [0.25, 0.3) is 0 Å². The minimum Gasteiger partial charge on any atom is -0.507 e. The summed E-state index contributed by atoms with van der Waals surface area (Å²) in [6.45, 7) is 15.3. The van der Waals surface area contributed by atoms with E-state index in [1.807, 2.05) is 6.08 Å². The van der Waals surface area contributed by atoms with E-state index in [4.69, 9.17) is 0 Å². The molecule has 0 radical (unpaired) electrons. The molecule has 3 aliphatic rings. The molecule has 0 spiro atoms. The number of hydrogen-bond acceptors (Lipinski definition) is 2. The van der Waals surface area contributed by atoms with Gasteiger partial charge in [0.05, 0.1) is 5.69 Å². The topological polar surface area (TPSA) is 79.6 Å². The van der Waals surface area contributed by atoms with E-state index in [0.29, 0.717) is 17.6 Å². The van der Waals surface area contributed by atoms with Crippen LogP contribution in [0.25, 0.3) is 29.6 Å². The van der Waals surface area contributed by atoms with Crippen LogP contribution in [0.3, 0.4) is 0 Å². The Morgan fingerprint density at radius 1 is 0.647 bits per heavy atom. The summed E-state index contributed by atoms with van der Waals surface area (Å²) in [6.07, 6.45) is 8.57. The number of H-pyrrole nitrogens is 3. The highest BCUT2D eigenvalue weighted by atomic mass is 16.3. The second-order valence-electron chi connectivity index (χ2n) is 10.3. The molecule has 174 valence electrons. The first-order valence-corrected chi connectivity index (χ1v) is 12.1. The van der Waals surface area contributed by atoms with E-state index in [1.165, 1.54) is 28.0 Å². The van der Waals surface area contributed by atoms with Crippen LogP contribution in [-0.2, 0) is 0 Å². The number of fused-ring (bicyclic) bond motifs is 7. The molecule has 1 aliphatic carbocycles. The van der Waals surface area contributed by atoms with Gasteiger partial charge in [0.2, 0.25) is 0 Å². The molecule has 0 saturated carbocycles. The van der Waals surface area contributed by atoms with Crippen LogP contribution in [0.5, 0.6) is 0 Å². The molecule has 1 saturated heterocycles. The molecule has 5 heteroatoms. The highest BCUT2D eigenvalue weighted by Crippen LogP contribution is 2.44. The zero-order valence-electron chi connectivity index (χ0n) is 20.9. The molecule has 0 unspecified atom stereocenters. The average molecular weight is 453 g/mol. The Morgan fingerprint density at radius 3 is 1.88 bits per heavy atom. The van der Waals surface area contributed by atoms with Crippen LogP contribution in [0.15, 0.2) is 17.5 Å². The number of aromatic amines is 3. The maximum Gasteiger partial charge on any atom is 0.126 e. The monoisotopic (exact) mass is 452 g/mol. The summed E-state index contributed by atoms with van der Waals surface area (Å²) in [6, 6.07) is 0. The third kappa shape index (κ3) is 2.73. The molecular weight excluding hydrogens is 420 g/mol. The number of nitrogens with one attached hydrogen (secondary N) is 4. The average Bonchev–Trinajstić information content (AvgIpc) is 3.52. The number of rotatable bonds is 0. The van der Waals surface area contributed by atoms with E-state index < -0.39 is 0 Å². The molecule has 3 aromatic heterocycles. The summed E-state index contributed by atoms with van der Waals surface area (Å²) in [5, 5.41) is 16.8. The smallest absolute Gasteiger partial charge is 0.126 e. The Kier molecular flexibility index (Phi) is 4.29. The molecule has 5 nitrogen and oxygen atoms in total. The highest BCUT2D eigenvalue weighted by molar-refractivity contribution is 5.95. The van der Waals surface area contributed by atoms with Crippen molar-refractivity contribution in [2.75, 3.05) is 0 Å². The molecule has 8 bridgehead atoms. The van der Waals surface area contributed by atoms with Crippen LogP contribution in [-0.4, -0.2) is 20.1 Å². The summed E-state index contributed by atoms with van der Waals surface area (Å²) < 4.78 is 0. The fraction of sp³-hybridized carbons (Fsp3) is 0.310. The van der Waals surface area contributed by atoms with Crippen molar-refractivity contribution in [3.05, 3.63) is 84.3 Å². The fourth-order valence-corrected chi connectivity index (χ4v) is 5.65. The van der Waals surface area contributed by atoms with Crippen molar-refractivity contribution in [2.24, 2.45) is 11.8 Å². The lowest BCUT2D eigenvalue weighted by molar-refractivity contribution is 0.513. The number of aromatic nitrogens is 3. The second-order valence-corrected chi connectivity index (χ2v) is 10.3. The van der Waals surface area contributed by atoms with Crippen LogP contribution in [0, 0.1) is 46.5 Å². The molecule has 2 atom stereocenters. The third-order valence-corrected chi connectivity index (χ3v) is 8.52. The van der Waals surface area contributed by atoms with Gasteiger partial charge < -0.3 is 25.4 Å². The van der Waals surface area contributed by atoms with Crippen molar-refractivity contribution >= 4 is 29.6 Å².